The van der Waals surface area contributed by atoms with Gasteiger partial charge < -0.3 is 9.59 Å². The second-order valence-electron chi connectivity index (χ2n) is 5.72. The third-order valence-electron chi connectivity index (χ3n) is 4.08. The van der Waals surface area contributed by atoms with Gasteiger partial charge in [-0.05, 0) is 39.4 Å². The van der Waals surface area contributed by atoms with Crippen molar-refractivity contribution >= 4 is 12.6 Å². The maximum atomic E-state index is 10.6. The average molecular weight is 314 g/mol. The van der Waals surface area contributed by atoms with E-state index in [-0.39, 0.29) is 0 Å². The highest BCUT2D eigenvalue weighted by Crippen LogP contribution is 2.27. The van der Waals surface area contributed by atoms with E-state index in [9.17, 15) is 9.59 Å². The summed E-state index contributed by atoms with van der Waals surface area (Å²) in [5, 5.41) is 0. The number of carbonyl (C=O) groups excluding carboxylic acids is 2. The van der Waals surface area contributed by atoms with Crippen molar-refractivity contribution in [3.63, 3.8) is 0 Å². The molecule has 0 saturated heterocycles. The van der Waals surface area contributed by atoms with Crippen molar-refractivity contribution in [3.05, 3.63) is 83.9 Å². The third kappa shape index (κ3) is 3.66. The van der Waals surface area contributed by atoms with E-state index in [0.29, 0.717) is 12.8 Å². The maximum absolute atomic E-state index is 10.6. The first-order chi connectivity index (χ1) is 11.8. The van der Waals surface area contributed by atoms with Crippen LogP contribution in [0.4, 0.5) is 0 Å². The number of rotatable bonds is 6. The minimum atomic E-state index is 0.452. The topological polar surface area (TPSA) is 34.1 Å². The predicted octanol–water partition coefficient (Wildman–Crippen LogP) is 4.50. The van der Waals surface area contributed by atoms with Crippen LogP contribution >= 0.6 is 0 Å². The fraction of sp³-hybridized carbons (Fsp3) is 0.0909. The minimum Gasteiger partial charge on any atom is -0.303 e. The Kier molecular flexibility index (Phi) is 4.97. The Bertz CT molecular complexity index is 762. The highest BCUT2D eigenvalue weighted by Gasteiger charge is 2.03. The second kappa shape index (κ2) is 7.51. The summed E-state index contributed by atoms with van der Waals surface area (Å²) < 4.78 is 0. The SMILES string of the molecule is O=CCc1ccc(-c2cccc(-c3ccc(CC=O)cc3)c2)cc1. The second-order valence-corrected chi connectivity index (χ2v) is 5.72. The van der Waals surface area contributed by atoms with Crippen LogP contribution in [-0.2, 0) is 22.4 Å². The molecule has 3 aromatic carbocycles. The Morgan fingerprint density at radius 2 is 0.958 bits per heavy atom. The lowest BCUT2D eigenvalue weighted by atomic mass is 9.97. The van der Waals surface area contributed by atoms with Gasteiger partial charge in [0.1, 0.15) is 12.6 Å². The Balaban J connectivity index is 1.88. The number of aldehydes is 2. The molecular formula is C22H18O2. The average Bonchev–Trinajstić information content (AvgIpc) is 2.64. The van der Waals surface area contributed by atoms with Gasteiger partial charge in [-0.3, -0.25) is 0 Å². The molecule has 0 amide bonds. The van der Waals surface area contributed by atoms with E-state index in [1.54, 1.807) is 0 Å². The molecule has 0 heterocycles. The quantitative estimate of drug-likeness (QED) is 0.628. The molecule has 2 nitrogen and oxygen atoms in total. The molecule has 0 saturated carbocycles. The zero-order valence-corrected chi connectivity index (χ0v) is 13.3. The first-order valence-electron chi connectivity index (χ1n) is 7.96. The van der Waals surface area contributed by atoms with E-state index in [1.807, 2.05) is 54.6 Å². The summed E-state index contributed by atoms with van der Waals surface area (Å²) in [5.41, 5.74) is 6.59. The predicted molar refractivity (Wildman–Crippen MR) is 96.9 cm³/mol. The molecule has 0 atom stereocenters. The van der Waals surface area contributed by atoms with E-state index < -0.39 is 0 Å². The summed E-state index contributed by atoms with van der Waals surface area (Å²) in [4.78, 5) is 21.2. The smallest absolute Gasteiger partial charge is 0.124 e. The summed E-state index contributed by atoms with van der Waals surface area (Å²) in [7, 11) is 0. The Morgan fingerprint density at radius 3 is 1.33 bits per heavy atom. The van der Waals surface area contributed by atoms with Crippen molar-refractivity contribution in [3.8, 4) is 22.3 Å². The molecule has 0 aliphatic rings. The summed E-state index contributed by atoms with van der Waals surface area (Å²) in [6.45, 7) is 0. The molecule has 0 aliphatic carbocycles. The molecule has 0 fully saturated rings. The fourth-order valence-electron chi connectivity index (χ4n) is 2.74. The molecule has 0 N–H and O–H groups in total. The minimum absolute atomic E-state index is 0.452. The fourth-order valence-corrected chi connectivity index (χ4v) is 2.74. The van der Waals surface area contributed by atoms with Crippen LogP contribution < -0.4 is 0 Å². The van der Waals surface area contributed by atoms with Crippen LogP contribution in [0.5, 0.6) is 0 Å². The van der Waals surface area contributed by atoms with Gasteiger partial charge >= 0.3 is 0 Å². The molecule has 2 heteroatoms. The molecule has 0 bridgehead atoms. The van der Waals surface area contributed by atoms with Crippen molar-refractivity contribution in [2.75, 3.05) is 0 Å². The van der Waals surface area contributed by atoms with Gasteiger partial charge in [-0.1, -0.05) is 66.7 Å². The maximum Gasteiger partial charge on any atom is 0.124 e. The Hall–Kier alpha value is -3.00. The van der Waals surface area contributed by atoms with Crippen LogP contribution in [0.25, 0.3) is 22.3 Å². The summed E-state index contributed by atoms with van der Waals surface area (Å²) in [6.07, 6.45) is 2.74. The van der Waals surface area contributed by atoms with Crippen LogP contribution in [0.2, 0.25) is 0 Å². The van der Waals surface area contributed by atoms with E-state index in [2.05, 4.69) is 18.2 Å². The van der Waals surface area contributed by atoms with Gasteiger partial charge in [0.2, 0.25) is 0 Å². The van der Waals surface area contributed by atoms with Gasteiger partial charge in [0.05, 0.1) is 0 Å². The van der Waals surface area contributed by atoms with Gasteiger partial charge in [0, 0.05) is 12.8 Å². The number of hydrogen-bond donors (Lipinski definition) is 0. The Morgan fingerprint density at radius 1 is 0.542 bits per heavy atom. The summed E-state index contributed by atoms with van der Waals surface area (Å²) >= 11 is 0. The van der Waals surface area contributed by atoms with Crippen LogP contribution in [0.1, 0.15) is 11.1 Å². The summed E-state index contributed by atoms with van der Waals surface area (Å²) in [5.74, 6) is 0. The van der Waals surface area contributed by atoms with E-state index >= 15 is 0 Å². The molecule has 0 spiro atoms. The zero-order chi connectivity index (χ0) is 16.8. The van der Waals surface area contributed by atoms with E-state index in [1.165, 1.54) is 0 Å². The third-order valence-corrected chi connectivity index (χ3v) is 4.08. The highest BCUT2D eigenvalue weighted by molar-refractivity contribution is 5.73. The standard InChI is InChI=1S/C22H18O2/c23-14-12-17-4-8-19(9-5-17)21-2-1-3-22(16-21)20-10-6-18(7-11-20)13-15-24/h1-11,14-16H,12-13H2. The lowest BCUT2D eigenvalue weighted by molar-refractivity contribution is -0.108. The van der Waals surface area contributed by atoms with E-state index in [4.69, 9.17) is 0 Å². The highest BCUT2D eigenvalue weighted by atomic mass is 16.1. The molecule has 0 aromatic heterocycles. The molecule has 24 heavy (non-hydrogen) atoms. The molecule has 0 aliphatic heterocycles. The normalized spacial score (nSPS) is 10.3. The van der Waals surface area contributed by atoms with Gasteiger partial charge in [0.15, 0.2) is 0 Å². The Labute approximate surface area is 141 Å². The molecule has 0 radical (unpaired) electrons. The van der Waals surface area contributed by atoms with Crippen molar-refractivity contribution < 1.29 is 9.59 Å². The van der Waals surface area contributed by atoms with Crippen LogP contribution in [0.3, 0.4) is 0 Å². The number of benzene rings is 3. The molecule has 3 rings (SSSR count). The first-order valence-corrected chi connectivity index (χ1v) is 7.96. The molecular weight excluding hydrogens is 296 g/mol. The molecule has 0 unspecified atom stereocenters. The van der Waals surface area contributed by atoms with Crippen LogP contribution in [0.15, 0.2) is 72.8 Å². The van der Waals surface area contributed by atoms with Gasteiger partial charge in [-0.2, -0.15) is 0 Å². The van der Waals surface area contributed by atoms with Gasteiger partial charge in [-0.25, -0.2) is 0 Å². The molecule has 118 valence electrons. The molecule has 3 aromatic rings. The van der Waals surface area contributed by atoms with Crippen LogP contribution in [-0.4, -0.2) is 12.6 Å². The van der Waals surface area contributed by atoms with Gasteiger partial charge in [-0.15, -0.1) is 0 Å². The largest absolute Gasteiger partial charge is 0.303 e. The number of carbonyl (C=O) groups is 2. The monoisotopic (exact) mass is 314 g/mol. The number of hydrogen-bond acceptors (Lipinski definition) is 2. The van der Waals surface area contributed by atoms with E-state index in [0.717, 1.165) is 46.0 Å². The zero-order valence-electron chi connectivity index (χ0n) is 13.3. The van der Waals surface area contributed by atoms with Crippen molar-refractivity contribution in [1.29, 1.82) is 0 Å². The van der Waals surface area contributed by atoms with Crippen molar-refractivity contribution in [2.24, 2.45) is 0 Å². The lowest BCUT2D eigenvalue weighted by Gasteiger charge is -2.07. The van der Waals surface area contributed by atoms with Gasteiger partial charge in [0.25, 0.3) is 0 Å². The van der Waals surface area contributed by atoms with Crippen LogP contribution in [0, 0.1) is 0 Å². The van der Waals surface area contributed by atoms with Crippen molar-refractivity contribution in [1.82, 2.24) is 0 Å². The summed E-state index contributed by atoms with van der Waals surface area (Å²) in [6, 6.07) is 24.5. The van der Waals surface area contributed by atoms with Crippen molar-refractivity contribution in [2.45, 2.75) is 12.8 Å². The lowest BCUT2D eigenvalue weighted by Crippen LogP contribution is -1.87. The first kappa shape index (κ1) is 15.9.